The summed E-state index contributed by atoms with van der Waals surface area (Å²) in [5.41, 5.74) is 3.20. The monoisotopic (exact) mass is 338 g/mol. The van der Waals surface area contributed by atoms with Gasteiger partial charge in [0.2, 0.25) is 5.91 Å². The quantitative estimate of drug-likeness (QED) is 0.794. The molecule has 5 nitrogen and oxygen atoms in total. The molecule has 0 bridgehead atoms. The zero-order valence-corrected chi connectivity index (χ0v) is 14.2. The summed E-state index contributed by atoms with van der Waals surface area (Å²) < 4.78 is 2.02. The van der Waals surface area contributed by atoms with Gasteiger partial charge in [-0.25, -0.2) is 9.97 Å². The largest absolute Gasteiger partial charge is 0.337 e. The van der Waals surface area contributed by atoms with E-state index in [-0.39, 0.29) is 11.8 Å². The number of thiazole rings is 1. The molecule has 1 aliphatic carbocycles. The number of amides is 1. The number of carbonyl (C=O) groups is 1. The minimum atomic E-state index is -0.181. The molecule has 0 saturated heterocycles. The van der Waals surface area contributed by atoms with Gasteiger partial charge in [0.15, 0.2) is 5.13 Å². The predicted octanol–water partition coefficient (Wildman–Crippen LogP) is 3.60. The van der Waals surface area contributed by atoms with Gasteiger partial charge in [-0.2, -0.15) is 0 Å². The first-order valence-electron chi connectivity index (χ1n) is 8.04. The van der Waals surface area contributed by atoms with Crippen molar-refractivity contribution in [2.24, 2.45) is 7.05 Å². The Kier molecular flexibility index (Phi) is 3.90. The Bertz CT molecular complexity index is 868. The third-order valence-electron chi connectivity index (χ3n) is 4.44. The molecule has 0 radical (unpaired) electrons. The molecule has 4 rings (SSSR count). The van der Waals surface area contributed by atoms with E-state index in [0.29, 0.717) is 5.13 Å². The van der Waals surface area contributed by atoms with Gasteiger partial charge >= 0.3 is 0 Å². The van der Waals surface area contributed by atoms with E-state index in [0.717, 1.165) is 35.4 Å². The van der Waals surface area contributed by atoms with Crippen molar-refractivity contribution >= 4 is 22.4 Å². The van der Waals surface area contributed by atoms with Crippen molar-refractivity contribution in [3.05, 3.63) is 54.2 Å². The van der Waals surface area contributed by atoms with E-state index < -0.39 is 0 Å². The minimum absolute atomic E-state index is 0.0105. The topological polar surface area (TPSA) is 59.8 Å². The Hall–Kier alpha value is -2.47. The minimum Gasteiger partial charge on any atom is -0.337 e. The number of anilines is 1. The van der Waals surface area contributed by atoms with Crippen LogP contribution >= 0.6 is 11.3 Å². The molecule has 1 N–H and O–H groups in total. The average molecular weight is 338 g/mol. The molecule has 3 aromatic rings. The van der Waals surface area contributed by atoms with Gasteiger partial charge < -0.3 is 9.88 Å². The Morgan fingerprint density at radius 2 is 2.12 bits per heavy atom. The fourth-order valence-electron chi connectivity index (χ4n) is 3.20. The summed E-state index contributed by atoms with van der Waals surface area (Å²) in [5, 5.41) is 3.61. The third-order valence-corrected chi connectivity index (χ3v) is 5.40. The number of nitrogens with one attached hydrogen (secondary N) is 1. The number of benzene rings is 1. The van der Waals surface area contributed by atoms with Crippen molar-refractivity contribution < 1.29 is 4.79 Å². The normalized spacial score (nSPS) is 16.6. The maximum Gasteiger partial charge on any atom is 0.235 e. The van der Waals surface area contributed by atoms with Crippen molar-refractivity contribution in [3.63, 3.8) is 0 Å². The molecule has 1 amide bonds. The number of fused-ring (bicyclic) bond motifs is 1. The molecule has 1 aliphatic rings. The second-order valence-electron chi connectivity index (χ2n) is 6.02. The number of rotatable bonds is 3. The van der Waals surface area contributed by atoms with Gasteiger partial charge in [-0.1, -0.05) is 41.7 Å². The first kappa shape index (κ1) is 15.1. The van der Waals surface area contributed by atoms with E-state index in [9.17, 15) is 4.79 Å². The van der Waals surface area contributed by atoms with Crippen LogP contribution in [0.3, 0.4) is 0 Å². The van der Waals surface area contributed by atoms with E-state index >= 15 is 0 Å². The van der Waals surface area contributed by atoms with Gasteiger partial charge in [0.25, 0.3) is 0 Å². The summed E-state index contributed by atoms with van der Waals surface area (Å²) in [5.74, 6) is -0.192. The SMILES string of the molecule is Cn1cnc2c1CCCC2C(=O)Nc1ncc(-c2ccccc2)s1. The maximum atomic E-state index is 12.7. The lowest BCUT2D eigenvalue weighted by atomic mass is 9.89. The summed E-state index contributed by atoms with van der Waals surface area (Å²) >= 11 is 1.50. The molecule has 0 spiro atoms. The fourth-order valence-corrected chi connectivity index (χ4v) is 4.02. The molecule has 0 aliphatic heterocycles. The summed E-state index contributed by atoms with van der Waals surface area (Å²) in [7, 11) is 1.99. The van der Waals surface area contributed by atoms with E-state index in [1.165, 1.54) is 17.0 Å². The van der Waals surface area contributed by atoms with Gasteiger partial charge in [0.05, 0.1) is 22.8 Å². The number of hydrogen-bond acceptors (Lipinski definition) is 4. The van der Waals surface area contributed by atoms with Crippen LogP contribution in [0.2, 0.25) is 0 Å². The Balaban J connectivity index is 1.52. The van der Waals surface area contributed by atoms with Crippen LogP contribution < -0.4 is 5.32 Å². The molecule has 0 saturated carbocycles. The first-order valence-corrected chi connectivity index (χ1v) is 8.86. The van der Waals surface area contributed by atoms with Crippen LogP contribution in [0.15, 0.2) is 42.9 Å². The number of hydrogen-bond donors (Lipinski definition) is 1. The summed E-state index contributed by atoms with van der Waals surface area (Å²) in [6.45, 7) is 0. The van der Waals surface area contributed by atoms with Gasteiger partial charge in [-0.05, 0) is 24.8 Å². The number of carbonyl (C=O) groups excluding carboxylic acids is 1. The first-order chi connectivity index (χ1) is 11.7. The molecule has 0 fully saturated rings. The predicted molar refractivity (Wildman–Crippen MR) is 95.1 cm³/mol. The highest BCUT2D eigenvalue weighted by atomic mass is 32.1. The maximum absolute atomic E-state index is 12.7. The summed E-state index contributed by atoms with van der Waals surface area (Å²) in [4.78, 5) is 22.5. The number of aromatic nitrogens is 3. The molecule has 2 heterocycles. The highest BCUT2D eigenvalue weighted by molar-refractivity contribution is 7.19. The van der Waals surface area contributed by atoms with Crippen LogP contribution in [0.25, 0.3) is 10.4 Å². The number of imidazole rings is 1. The van der Waals surface area contributed by atoms with Gasteiger partial charge in [-0.3, -0.25) is 4.79 Å². The van der Waals surface area contributed by atoms with Crippen molar-refractivity contribution in [2.75, 3.05) is 5.32 Å². The van der Waals surface area contributed by atoms with Crippen LogP contribution in [0.4, 0.5) is 5.13 Å². The number of aryl methyl sites for hydroxylation is 1. The van der Waals surface area contributed by atoms with Crippen LogP contribution in [0, 0.1) is 0 Å². The number of nitrogens with zero attached hydrogens (tertiary/aromatic N) is 3. The molecule has 6 heteroatoms. The van der Waals surface area contributed by atoms with Gasteiger partial charge in [0.1, 0.15) is 0 Å². The van der Waals surface area contributed by atoms with E-state index in [1.54, 1.807) is 6.33 Å². The van der Waals surface area contributed by atoms with Crippen LogP contribution in [-0.2, 0) is 18.3 Å². The summed E-state index contributed by atoms with van der Waals surface area (Å²) in [6, 6.07) is 10.1. The summed E-state index contributed by atoms with van der Waals surface area (Å²) in [6.07, 6.45) is 6.45. The molecular weight excluding hydrogens is 320 g/mol. The van der Waals surface area contributed by atoms with E-state index in [1.807, 2.05) is 48.1 Å². The second kappa shape index (κ2) is 6.20. The van der Waals surface area contributed by atoms with E-state index in [4.69, 9.17) is 0 Å². The Morgan fingerprint density at radius 3 is 2.96 bits per heavy atom. The highest BCUT2D eigenvalue weighted by Gasteiger charge is 2.30. The molecule has 1 unspecified atom stereocenters. The molecule has 2 aromatic heterocycles. The van der Waals surface area contributed by atoms with Gasteiger partial charge in [0, 0.05) is 18.9 Å². The molecule has 1 aromatic carbocycles. The van der Waals surface area contributed by atoms with Crippen LogP contribution in [0.1, 0.15) is 30.1 Å². The molecule has 122 valence electrons. The van der Waals surface area contributed by atoms with E-state index in [2.05, 4.69) is 15.3 Å². The third kappa shape index (κ3) is 2.73. The standard InChI is InChI=1S/C18H18N4OS/c1-22-11-20-16-13(8-5-9-14(16)22)17(23)21-18-19-10-15(24-18)12-6-3-2-4-7-12/h2-4,6-7,10-11,13H,5,8-9H2,1H3,(H,19,21,23). The van der Waals surface area contributed by atoms with Gasteiger partial charge in [-0.15, -0.1) is 0 Å². The van der Waals surface area contributed by atoms with Crippen LogP contribution in [-0.4, -0.2) is 20.4 Å². The lowest BCUT2D eigenvalue weighted by Crippen LogP contribution is -2.25. The molecule has 1 atom stereocenters. The lowest BCUT2D eigenvalue weighted by Gasteiger charge is -2.20. The Labute approximate surface area is 144 Å². The zero-order valence-electron chi connectivity index (χ0n) is 13.4. The second-order valence-corrected chi connectivity index (χ2v) is 7.05. The average Bonchev–Trinajstić information content (AvgIpc) is 3.23. The Morgan fingerprint density at radius 1 is 1.29 bits per heavy atom. The molecule has 24 heavy (non-hydrogen) atoms. The van der Waals surface area contributed by atoms with Crippen LogP contribution in [0.5, 0.6) is 0 Å². The van der Waals surface area contributed by atoms with Crippen molar-refractivity contribution in [1.29, 1.82) is 0 Å². The van der Waals surface area contributed by atoms with Crippen molar-refractivity contribution in [2.45, 2.75) is 25.2 Å². The van der Waals surface area contributed by atoms with Crippen molar-refractivity contribution in [1.82, 2.24) is 14.5 Å². The molecular formula is C18H18N4OS. The fraction of sp³-hybridized carbons (Fsp3) is 0.278. The highest BCUT2D eigenvalue weighted by Crippen LogP contribution is 2.33. The smallest absolute Gasteiger partial charge is 0.235 e. The zero-order chi connectivity index (χ0) is 16.5. The lowest BCUT2D eigenvalue weighted by molar-refractivity contribution is -0.118. The van der Waals surface area contributed by atoms with Crippen molar-refractivity contribution in [3.8, 4) is 10.4 Å².